The van der Waals surface area contributed by atoms with E-state index in [1.54, 1.807) is 18.3 Å². The SMILES string of the molecule is O=C(CCOc1ccccc1F)n1ccnc1. The van der Waals surface area contributed by atoms with Gasteiger partial charge in [-0.1, -0.05) is 12.1 Å². The first kappa shape index (κ1) is 11.3. The fraction of sp³-hybridized carbons (Fsp3) is 0.167. The van der Waals surface area contributed by atoms with Crippen LogP contribution in [-0.2, 0) is 0 Å². The first-order valence-corrected chi connectivity index (χ1v) is 5.16. The number of nitrogens with zero attached hydrogens (tertiary/aromatic N) is 2. The van der Waals surface area contributed by atoms with E-state index in [-0.39, 0.29) is 24.7 Å². The third-order valence-electron chi connectivity index (χ3n) is 2.20. The number of hydrogen-bond donors (Lipinski definition) is 0. The molecule has 88 valence electrons. The Kier molecular flexibility index (Phi) is 3.49. The van der Waals surface area contributed by atoms with Crippen LogP contribution in [0.25, 0.3) is 0 Å². The molecule has 0 unspecified atom stereocenters. The van der Waals surface area contributed by atoms with Crippen molar-refractivity contribution in [2.45, 2.75) is 6.42 Å². The predicted molar refractivity (Wildman–Crippen MR) is 59.4 cm³/mol. The molecule has 1 aromatic carbocycles. The van der Waals surface area contributed by atoms with Gasteiger partial charge in [-0.15, -0.1) is 0 Å². The Morgan fingerprint density at radius 3 is 2.94 bits per heavy atom. The zero-order chi connectivity index (χ0) is 12.1. The van der Waals surface area contributed by atoms with Crippen molar-refractivity contribution >= 4 is 5.91 Å². The van der Waals surface area contributed by atoms with Gasteiger partial charge in [-0.05, 0) is 12.1 Å². The summed E-state index contributed by atoms with van der Waals surface area (Å²) >= 11 is 0. The molecule has 0 aliphatic carbocycles. The Labute approximate surface area is 97.7 Å². The van der Waals surface area contributed by atoms with Gasteiger partial charge in [0.1, 0.15) is 6.33 Å². The van der Waals surface area contributed by atoms with Gasteiger partial charge in [-0.3, -0.25) is 9.36 Å². The summed E-state index contributed by atoms with van der Waals surface area (Å²) in [6.45, 7) is 0.137. The molecule has 5 heteroatoms. The maximum Gasteiger partial charge on any atom is 0.235 e. The highest BCUT2D eigenvalue weighted by Gasteiger charge is 2.06. The molecule has 2 aromatic rings. The van der Waals surface area contributed by atoms with Gasteiger partial charge >= 0.3 is 0 Å². The molecule has 0 bridgehead atoms. The van der Waals surface area contributed by atoms with Crippen molar-refractivity contribution in [3.8, 4) is 5.75 Å². The van der Waals surface area contributed by atoms with E-state index in [1.165, 1.54) is 29.2 Å². The lowest BCUT2D eigenvalue weighted by Crippen LogP contribution is -2.12. The molecule has 0 amide bonds. The molecular formula is C12H11FN2O2. The molecule has 0 saturated heterocycles. The van der Waals surface area contributed by atoms with Crippen molar-refractivity contribution in [1.29, 1.82) is 0 Å². The van der Waals surface area contributed by atoms with E-state index < -0.39 is 5.82 Å². The number of aromatic nitrogens is 2. The van der Waals surface area contributed by atoms with E-state index in [0.29, 0.717) is 0 Å². The number of halogens is 1. The summed E-state index contributed by atoms with van der Waals surface area (Å²) in [6.07, 6.45) is 4.68. The van der Waals surface area contributed by atoms with Crippen LogP contribution < -0.4 is 4.74 Å². The highest BCUT2D eigenvalue weighted by atomic mass is 19.1. The maximum absolute atomic E-state index is 13.2. The molecule has 0 aliphatic heterocycles. The van der Waals surface area contributed by atoms with Crippen LogP contribution in [0.1, 0.15) is 11.2 Å². The van der Waals surface area contributed by atoms with Crippen molar-refractivity contribution in [3.63, 3.8) is 0 Å². The average molecular weight is 234 g/mol. The lowest BCUT2D eigenvalue weighted by molar-refractivity contribution is 0.0880. The smallest absolute Gasteiger partial charge is 0.235 e. The molecule has 2 rings (SSSR count). The molecule has 0 radical (unpaired) electrons. The number of carbonyl (C=O) groups excluding carboxylic acids is 1. The number of rotatable bonds is 4. The summed E-state index contributed by atoms with van der Waals surface area (Å²) in [5.74, 6) is -0.410. The van der Waals surface area contributed by atoms with E-state index in [0.717, 1.165) is 0 Å². The van der Waals surface area contributed by atoms with Gasteiger partial charge in [-0.2, -0.15) is 0 Å². The average Bonchev–Trinajstić information content (AvgIpc) is 2.85. The van der Waals surface area contributed by atoms with Gasteiger partial charge in [0.15, 0.2) is 11.6 Å². The highest BCUT2D eigenvalue weighted by Crippen LogP contribution is 2.15. The largest absolute Gasteiger partial charge is 0.490 e. The summed E-state index contributed by atoms with van der Waals surface area (Å²) in [5.41, 5.74) is 0. The van der Waals surface area contributed by atoms with Crippen LogP contribution >= 0.6 is 0 Å². The molecule has 0 fully saturated rings. The Morgan fingerprint density at radius 2 is 2.24 bits per heavy atom. The van der Waals surface area contributed by atoms with Gasteiger partial charge in [0.05, 0.1) is 13.0 Å². The number of hydrogen-bond acceptors (Lipinski definition) is 3. The molecule has 0 atom stereocenters. The summed E-state index contributed by atoms with van der Waals surface area (Å²) < 4.78 is 19.7. The Bertz CT molecular complexity index is 497. The van der Waals surface area contributed by atoms with Crippen LogP contribution in [0.4, 0.5) is 4.39 Å². The third kappa shape index (κ3) is 2.90. The molecule has 0 aliphatic rings. The Hall–Kier alpha value is -2.17. The molecule has 0 spiro atoms. The zero-order valence-corrected chi connectivity index (χ0v) is 9.04. The Balaban J connectivity index is 1.84. The number of para-hydroxylation sites is 1. The van der Waals surface area contributed by atoms with E-state index >= 15 is 0 Å². The monoisotopic (exact) mass is 234 g/mol. The summed E-state index contributed by atoms with van der Waals surface area (Å²) in [7, 11) is 0. The van der Waals surface area contributed by atoms with E-state index in [1.807, 2.05) is 0 Å². The number of ether oxygens (including phenoxy) is 1. The topological polar surface area (TPSA) is 44.1 Å². The second-order valence-corrected chi connectivity index (χ2v) is 3.39. The van der Waals surface area contributed by atoms with Gasteiger partial charge in [0.2, 0.25) is 5.91 Å². The molecule has 17 heavy (non-hydrogen) atoms. The fourth-order valence-corrected chi connectivity index (χ4v) is 1.35. The van der Waals surface area contributed by atoms with Crippen LogP contribution in [0.5, 0.6) is 5.75 Å². The van der Waals surface area contributed by atoms with E-state index in [9.17, 15) is 9.18 Å². The quantitative estimate of drug-likeness (QED) is 0.814. The van der Waals surface area contributed by atoms with Crippen LogP contribution in [0, 0.1) is 5.82 Å². The van der Waals surface area contributed by atoms with Gasteiger partial charge < -0.3 is 4.74 Å². The molecule has 0 saturated carbocycles. The lowest BCUT2D eigenvalue weighted by Gasteiger charge is -2.06. The van der Waals surface area contributed by atoms with E-state index in [2.05, 4.69) is 4.98 Å². The van der Waals surface area contributed by atoms with Gasteiger partial charge in [-0.25, -0.2) is 9.37 Å². The minimum absolute atomic E-state index is 0.137. The third-order valence-corrected chi connectivity index (χ3v) is 2.20. The van der Waals surface area contributed by atoms with Crippen LogP contribution in [0.15, 0.2) is 43.0 Å². The molecular weight excluding hydrogens is 223 g/mol. The maximum atomic E-state index is 13.2. The molecule has 4 nitrogen and oxygen atoms in total. The van der Waals surface area contributed by atoms with Gasteiger partial charge in [0, 0.05) is 12.4 Å². The standard InChI is InChI=1S/C12H11FN2O2/c13-10-3-1-2-4-11(10)17-8-5-12(16)15-7-6-14-9-15/h1-4,6-7,9H,5,8H2. The minimum atomic E-state index is -0.428. The lowest BCUT2D eigenvalue weighted by atomic mass is 10.3. The second-order valence-electron chi connectivity index (χ2n) is 3.39. The van der Waals surface area contributed by atoms with Crippen LogP contribution in [-0.4, -0.2) is 22.1 Å². The van der Waals surface area contributed by atoms with Crippen LogP contribution in [0.3, 0.4) is 0 Å². The first-order chi connectivity index (χ1) is 8.27. The van der Waals surface area contributed by atoms with Gasteiger partial charge in [0.25, 0.3) is 0 Å². The zero-order valence-electron chi connectivity index (χ0n) is 9.04. The number of imidazole rings is 1. The normalized spacial score (nSPS) is 10.2. The second kappa shape index (κ2) is 5.25. The van der Waals surface area contributed by atoms with Crippen molar-refractivity contribution in [3.05, 3.63) is 48.8 Å². The number of benzene rings is 1. The predicted octanol–water partition coefficient (Wildman–Crippen LogP) is 2.13. The molecule has 1 heterocycles. The molecule has 1 aromatic heterocycles. The summed E-state index contributed by atoms with van der Waals surface area (Å²) in [4.78, 5) is 15.3. The summed E-state index contributed by atoms with van der Waals surface area (Å²) in [6, 6.07) is 6.10. The minimum Gasteiger partial charge on any atom is -0.490 e. The Morgan fingerprint density at radius 1 is 1.41 bits per heavy atom. The van der Waals surface area contributed by atoms with Crippen LogP contribution in [0.2, 0.25) is 0 Å². The number of carbonyl (C=O) groups is 1. The summed E-state index contributed by atoms with van der Waals surface area (Å²) in [5, 5.41) is 0. The highest BCUT2D eigenvalue weighted by molar-refractivity contribution is 5.78. The van der Waals surface area contributed by atoms with Crippen molar-refractivity contribution < 1.29 is 13.9 Å². The van der Waals surface area contributed by atoms with Crippen molar-refractivity contribution in [2.75, 3.05) is 6.61 Å². The van der Waals surface area contributed by atoms with Crippen molar-refractivity contribution in [2.24, 2.45) is 0 Å². The van der Waals surface area contributed by atoms with E-state index in [4.69, 9.17) is 4.74 Å². The first-order valence-electron chi connectivity index (χ1n) is 5.16. The van der Waals surface area contributed by atoms with Crippen molar-refractivity contribution in [1.82, 2.24) is 9.55 Å². The molecule has 0 N–H and O–H groups in total. The fourth-order valence-electron chi connectivity index (χ4n) is 1.35.